The second-order valence-electron chi connectivity index (χ2n) is 11.3. The quantitative estimate of drug-likeness (QED) is 0.512. The van der Waals surface area contributed by atoms with Gasteiger partial charge in [-0.05, 0) is 67.2 Å². The van der Waals surface area contributed by atoms with Gasteiger partial charge in [0.05, 0.1) is 17.9 Å². The third-order valence-corrected chi connectivity index (χ3v) is 7.99. The Bertz CT molecular complexity index is 1360. The fourth-order valence-corrected chi connectivity index (χ4v) is 5.78. The zero-order valence-corrected chi connectivity index (χ0v) is 20.5. The van der Waals surface area contributed by atoms with Gasteiger partial charge in [-0.2, -0.15) is 0 Å². The Morgan fingerprint density at radius 2 is 1.94 bits per heavy atom. The van der Waals surface area contributed by atoms with Crippen LogP contribution in [0.2, 0.25) is 0 Å². The lowest BCUT2D eigenvalue weighted by Gasteiger charge is -2.33. The molecule has 0 N–H and O–H groups in total. The predicted molar refractivity (Wildman–Crippen MR) is 138 cm³/mol. The lowest BCUT2D eigenvalue weighted by Crippen LogP contribution is -2.31. The zero-order valence-electron chi connectivity index (χ0n) is 20.5. The minimum atomic E-state index is 0.280. The van der Waals surface area contributed by atoms with Gasteiger partial charge in [0.1, 0.15) is 24.5 Å². The maximum Gasteiger partial charge on any atom is 0.135 e. The molecule has 2 aromatic heterocycles. The largest absolute Gasteiger partial charge is 0.491 e. The van der Waals surface area contributed by atoms with Gasteiger partial charge < -0.3 is 9.64 Å². The van der Waals surface area contributed by atoms with Crippen LogP contribution in [-0.4, -0.2) is 33.8 Å². The Morgan fingerprint density at radius 1 is 1.03 bits per heavy atom. The van der Waals surface area contributed by atoms with Gasteiger partial charge in [0.2, 0.25) is 0 Å². The van der Waals surface area contributed by atoms with E-state index in [2.05, 4.69) is 48.0 Å². The van der Waals surface area contributed by atoms with Gasteiger partial charge in [-0.1, -0.05) is 19.9 Å². The van der Waals surface area contributed by atoms with Crippen LogP contribution < -0.4 is 9.64 Å². The number of anilines is 1. The summed E-state index contributed by atoms with van der Waals surface area (Å²) in [5, 5.41) is 0. The number of rotatable bonds is 3. The van der Waals surface area contributed by atoms with Crippen LogP contribution in [0.1, 0.15) is 55.6 Å². The van der Waals surface area contributed by atoms with Crippen molar-refractivity contribution >= 4 is 17.2 Å². The van der Waals surface area contributed by atoms with E-state index in [0.717, 1.165) is 66.4 Å². The van der Waals surface area contributed by atoms with Crippen molar-refractivity contribution in [1.29, 1.82) is 0 Å². The van der Waals surface area contributed by atoms with Gasteiger partial charge in [-0.15, -0.1) is 0 Å². The maximum atomic E-state index is 6.17. The molecule has 0 saturated heterocycles. The first-order valence-electron chi connectivity index (χ1n) is 12.9. The minimum absolute atomic E-state index is 0.280. The van der Waals surface area contributed by atoms with Crippen LogP contribution in [0.5, 0.6) is 5.75 Å². The molecule has 0 spiro atoms. The number of aromatic nitrogens is 3. The Kier molecular flexibility index (Phi) is 4.73. The van der Waals surface area contributed by atoms with E-state index >= 15 is 0 Å². The van der Waals surface area contributed by atoms with Crippen LogP contribution in [0.4, 0.5) is 11.5 Å². The van der Waals surface area contributed by atoms with E-state index in [0.29, 0.717) is 12.5 Å². The van der Waals surface area contributed by atoms with Crippen molar-refractivity contribution in [1.82, 2.24) is 15.0 Å². The fourth-order valence-electron chi connectivity index (χ4n) is 5.78. The lowest BCUT2D eigenvalue weighted by molar-refractivity contribution is 0.310. The predicted octanol–water partition coefficient (Wildman–Crippen LogP) is 5.49. The molecule has 0 amide bonds. The van der Waals surface area contributed by atoms with E-state index in [9.17, 15) is 0 Å². The van der Waals surface area contributed by atoms with Gasteiger partial charge in [-0.3, -0.25) is 9.98 Å². The first-order valence-corrected chi connectivity index (χ1v) is 12.9. The van der Waals surface area contributed by atoms with Crippen LogP contribution in [0.15, 0.2) is 41.8 Å². The first-order chi connectivity index (χ1) is 17.0. The monoisotopic (exact) mass is 465 g/mol. The normalized spacial score (nSPS) is 20.3. The topological polar surface area (TPSA) is 63.5 Å². The molecular formula is C29H31N5O. The number of pyridine rings is 1. The molecule has 4 heterocycles. The van der Waals surface area contributed by atoms with Crippen molar-refractivity contribution in [2.75, 3.05) is 18.1 Å². The summed E-state index contributed by atoms with van der Waals surface area (Å²) in [4.78, 5) is 21.5. The van der Waals surface area contributed by atoms with Crippen molar-refractivity contribution < 1.29 is 4.74 Å². The van der Waals surface area contributed by atoms with Crippen LogP contribution >= 0.6 is 0 Å². The third-order valence-electron chi connectivity index (χ3n) is 7.99. The van der Waals surface area contributed by atoms with E-state index in [1.807, 2.05) is 6.20 Å². The van der Waals surface area contributed by atoms with Crippen LogP contribution in [0.3, 0.4) is 0 Å². The molecule has 6 nitrogen and oxygen atoms in total. The lowest BCUT2D eigenvalue weighted by atomic mass is 9.76. The molecule has 0 atom stereocenters. The van der Waals surface area contributed by atoms with Crippen molar-refractivity contribution in [3.05, 3.63) is 59.3 Å². The number of aliphatic imine (C=N–C) groups is 1. The highest BCUT2D eigenvalue weighted by Crippen LogP contribution is 2.41. The van der Waals surface area contributed by atoms with Crippen LogP contribution in [0.25, 0.3) is 11.1 Å². The van der Waals surface area contributed by atoms with Crippen molar-refractivity contribution in [3.8, 4) is 16.9 Å². The number of hydrogen-bond donors (Lipinski definition) is 0. The van der Waals surface area contributed by atoms with E-state index in [-0.39, 0.29) is 5.41 Å². The number of fused-ring (bicyclic) bond motifs is 3. The van der Waals surface area contributed by atoms with Gasteiger partial charge in [-0.25, -0.2) is 9.97 Å². The number of aryl methyl sites for hydroxylation is 1. The molecule has 1 fully saturated rings. The molecule has 35 heavy (non-hydrogen) atoms. The highest BCUT2D eigenvalue weighted by atomic mass is 16.5. The van der Waals surface area contributed by atoms with E-state index in [1.165, 1.54) is 41.8 Å². The summed E-state index contributed by atoms with van der Waals surface area (Å²) >= 11 is 0. The highest BCUT2D eigenvalue weighted by molar-refractivity contribution is 5.97. The second kappa shape index (κ2) is 7.87. The Hall–Kier alpha value is -3.28. The first kappa shape index (κ1) is 21.0. The minimum Gasteiger partial charge on any atom is -0.491 e. The van der Waals surface area contributed by atoms with E-state index in [1.54, 1.807) is 6.33 Å². The smallest absolute Gasteiger partial charge is 0.135 e. The van der Waals surface area contributed by atoms with Gasteiger partial charge in [0.15, 0.2) is 0 Å². The molecule has 3 aromatic rings. The summed E-state index contributed by atoms with van der Waals surface area (Å²) in [5.74, 6) is 2.73. The van der Waals surface area contributed by atoms with Gasteiger partial charge >= 0.3 is 0 Å². The molecule has 0 bridgehead atoms. The number of ether oxygens (including phenoxy) is 1. The van der Waals surface area contributed by atoms with Crippen LogP contribution in [-0.2, 0) is 25.8 Å². The summed E-state index contributed by atoms with van der Waals surface area (Å²) < 4.78 is 6.17. The summed E-state index contributed by atoms with van der Waals surface area (Å²) in [6.07, 6.45) is 10.5. The third kappa shape index (κ3) is 3.89. The molecule has 0 radical (unpaired) electrons. The van der Waals surface area contributed by atoms with E-state index < -0.39 is 0 Å². The molecular weight excluding hydrogens is 434 g/mol. The number of hydrogen-bond acceptors (Lipinski definition) is 6. The average Bonchev–Trinajstić information content (AvgIpc) is 3.65. The van der Waals surface area contributed by atoms with Crippen molar-refractivity contribution in [2.45, 2.75) is 58.9 Å². The summed E-state index contributed by atoms with van der Waals surface area (Å²) in [5.41, 5.74) is 9.76. The molecule has 7 rings (SSSR count). The fraction of sp³-hybridized carbons (Fsp3) is 0.448. The van der Waals surface area contributed by atoms with Crippen molar-refractivity contribution in [2.24, 2.45) is 16.3 Å². The molecule has 2 aliphatic heterocycles. The second-order valence-corrected chi connectivity index (χ2v) is 11.3. The molecule has 1 saturated carbocycles. The molecule has 178 valence electrons. The maximum absolute atomic E-state index is 6.17. The summed E-state index contributed by atoms with van der Waals surface area (Å²) in [7, 11) is 0. The molecule has 2 aliphatic carbocycles. The molecule has 1 aromatic carbocycles. The Balaban J connectivity index is 1.21. The molecule has 0 unspecified atom stereocenters. The summed E-state index contributed by atoms with van der Waals surface area (Å²) in [6.45, 7) is 6.93. The number of nitrogens with zero attached hydrogens (tertiary/aromatic N) is 5. The standard InChI is InChI=1S/C29H31N5O/c1-29(2)8-7-23-22(14-29)28(32-17-31-23)34-9-10-35-27-6-5-19(11-21(27)16-34)20-12-26-25(30-15-20)13-24(33-26)18-3-4-18/h5-6,11-12,15,17-18H,3-4,7-10,13-14,16H2,1-2H3. The van der Waals surface area contributed by atoms with Crippen molar-refractivity contribution in [3.63, 3.8) is 0 Å². The Labute approximate surface area is 206 Å². The van der Waals surface area contributed by atoms with Gasteiger partial charge in [0, 0.05) is 47.3 Å². The van der Waals surface area contributed by atoms with Crippen LogP contribution in [0, 0.1) is 11.3 Å². The highest BCUT2D eigenvalue weighted by Gasteiger charge is 2.32. The SMILES string of the molecule is CC1(C)CCc2ncnc(N3CCOc4ccc(-c5cnc6c(c5)N=C(C5CC5)C6)cc4C3)c2C1. The Morgan fingerprint density at radius 3 is 2.83 bits per heavy atom. The average molecular weight is 466 g/mol. The zero-order chi connectivity index (χ0) is 23.6. The van der Waals surface area contributed by atoms with Gasteiger partial charge in [0.25, 0.3) is 0 Å². The molecule has 4 aliphatic rings. The van der Waals surface area contributed by atoms with E-state index in [4.69, 9.17) is 19.7 Å². The number of benzene rings is 1. The molecule has 6 heteroatoms. The summed E-state index contributed by atoms with van der Waals surface area (Å²) in [6, 6.07) is 8.72.